The third-order valence-electron chi connectivity index (χ3n) is 3.25. The van der Waals surface area contributed by atoms with Crippen LogP contribution in [-0.2, 0) is 4.74 Å². The number of halogens is 1. The first-order valence-corrected chi connectivity index (χ1v) is 6.86. The molecule has 0 aromatic heterocycles. The van der Waals surface area contributed by atoms with Crippen LogP contribution in [0.3, 0.4) is 0 Å². The molecular formula is C13H17ClN2OS. The van der Waals surface area contributed by atoms with Gasteiger partial charge in [0.05, 0.1) is 24.3 Å². The first kappa shape index (κ1) is 13.6. The average molecular weight is 285 g/mol. The Balaban J connectivity index is 2.27. The van der Waals surface area contributed by atoms with Crippen LogP contribution >= 0.6 is 23.8 Å². The van der Waals surface area contributed by atoms with Crippen LogP contribution in [0.4, 0.5) is 5.69 Å². The maximum absolute atomic E-state index is 6.21. The Morgan fingerprint density at radius 1 is 1.61 bits per heavy atom. The molecule has 1 aromatic rings. The van der Waals surface area contributed by atoms with E-state index in [4.69, 9.17) is 34.3 Å². The van der Waals surface area contributed by atoms with Gasteiger partial charge in [-0.3, -0.25) is 0 Å². The van der Waals surface area contributed by atoms with E-state index in [0.717, 1.165) is 37.4 Å². The molecule has 0 bridgehead atoms. The van der Waals surface area contributed by atoms with Gasteiger partial charge in [0, 0.05) is 17.8 Å². The molecule has 0 radical (unpaired) electrons. The fourth-order valence-electron chi connectivity index (χ4n) is 2.22. The predicted molar refractivity (Wildman–Crippen MR) is 79.6 cm³/mol. The summed E-state index contributed by atoms with van der Waals surface area (Å²) in [6.45, 7) is 4.58. The molecule has 0 aliphatic carbocycles. The molecule has 1 atom stereocenters. The van der Waals surface area contributed by atoms with E-state index in [0.29, 0.717) is 16.1 Å². The molecule has 2 N–H and O–H groups in total. The number of anilines is 1. The van der Waals surface area contributed by atoms with Crippen LogP contribution in [0.1, 0.15) is 18.9 Å². The van der Waals surface area contributed by atoms with Gasteiger partial charge in [-0.25, -0.2) is 0 Å². The van der Waals surface area contributed by atoms with Gasteiger partial charge in [0.25, 0.3) is 0 Å². The minimum atomic E-state index is 0.334. The first-order chi connectivity index (χ1) is 8.63. The van der Waals surface area contributed by atoms with Gasteiger partial charge in [0.1, 0.15) is 4.99 Å². The molecule has 1 heterocycles. The van der Waals surface area contributed by atoms with E-state index in [-0.39, 0.29) is 0 Å². The van der Waals surface area contributed by atoms with Crippen molar-refractivity contribution in [1.29, 1.82) is 0 Å². The van der Waals surface area contributed by atoms with E-state index >= 15 is 0 Å². The quantitative estimate of drug-likeness (QED) is 0.866. The van der Waals surface area contributed by atoms with Crippen molar-refractivity contribution in [2.45, 2.75) is 19.4 Å². The minimum Gasteiger partial charge on any atom is -0.389 e. The number of morpholine rings is 1. The normalized spacial score (nSPS) is 19.9. The summed E-state index contributed by atoms with van der Waals surface area (Å²) in [5, 5.41) is 0.612. The molecular weight excluding hydrogens is 268 g/mol. The Hall–Kier alpha value is -0.840. The zero-order chi connectivity index (χ0) is 13.1. The highest BCUT2D eigenvalue weighted by atomic mass is 35.5. The molecule has 1 saturated heterocycles. The fourth-order valence-corrected chi connectivity index (χ4v) is 2.73. The highest BCUT2D eigenvalue weighted by Gasteiger charge is 2.22. The zero-order valence-electron chi connectivity index (χ0n) is 10.4. The summed E-state index contributed by atoms with van der Waals surface area (Å²) in [6.07, 6.45) is 1.05. The van der Waals surface area contributed by atoms with E-state index in [2.05, 4.69) is 11.8 Å². The van der Waals surface area contributed by atoms with Gasteiger partial charge < -0.3 is 15.4 Å². The maximum Gasteiger partial charge on any atom is 0.105 e. The van der Waals surface area contributed by atoms with Crippen LogP contribution < -0.4 is 10.6 Å². The Labute approximate surface area is 118 Å². The molecule has 18 heavy (non-hydrogen) atoms. The molecule has 3 nitrogen and oxygen atoms in total. The van der Waals surface area contributed by atoms with E-state index in [1.54, 1.807) is 0 Å². The number of hydrogen-bond donors (Lipinski definition) is 1. The molecule has 1 aliphatic heterocycles. The van der Waals surface area contributed by atoms with Gasteiger partial charge >= 0.3 is 0 Å². The van der Waals surface area contributed by atoms with Crippen LogP contribution in [-0.4, -0.2) is 30.8 Å². The van der Waals surface area contributed by atoms with E-state index in [9.17, 15) is 0 Å². The second-order valence-corrected chi connectivity index (χ2v) is 5.21. The summed E-state index contributed by atoms with van der Waals surface area (Å²) >= 11 is 11.2. The molecule has 0 amide bonds. The standard InChI is InChI=1S/C13H17ClN2OS/c1-2-9-8-17-6-5-16(9)10-3-4-11(13(15)18)12(14)7-10/h3-4,7,9H,2,5-6,8H2,1H3,(H2,15,18). The van der Waals surface area contributed by atoms with Gasteiger partial charge in [-0.1, -0.05) is 30.7 Å². The number of benzene rings is 1. The van der Waals surface area contributed by atoms with Crippen molar-refractivity contribution in [1.82, 2.24) is 0 Å². The summed E-state index contributed by atoms with van der Waals surface area (Å²) in [5.74, 6) is 0. The van der Waals surface area contributed by atoms with Gasteiger partial charge in [-0.05, 0) is 24.6 Å². The number of nitrogens with zero attached hydrogens (tertiary/aromatic N) is 1. The predicted octanol–water partition coefficient (Wildman–Crippen LogP) is 2.59. The highest BCUT2D eigenvalue weighted by Crippen LogP contribution is 2.27. The van der Waals surface area contributed by atoms with Crippen molar-refractivity contribution < 1.29 is 4.74 Å². The molecule has 1 unspecified atom stereocenters. The van der Waals surface area contributed by atoms with E-state index in [1.165, 1.54) is 0 Å². The van der Waals surface area contributed by atoms with Gasteiger partial charge in [0.2, 0.25) is 0 Å². The van der Waals surface area contributed by atoms with E-state index in [1.807, 2.05) is 18.2 Å². The number of ether oxygens (including phenoxy) is 1. The molecule has 0 saturated carbocycles. The smallest absolute Gasteiger partial charge is 0.105 e. The summed E-state index contributed by atoms with van der Waals surface area (Å²) in [4.78, 5) is 2.67. The molecule has 1 aromatic carbocycles. The number of thiocarbonyl (C=S) groups is 1. The van der Waals surface area contributed by atoms with Crippen molar-refractivity contribution in [3.63, 3.8) is 0 Å². The topological polar surface area (TPSA) is 38.5 Å². The van der Waals surface area contributed by atoms with Gasteiger partial charge in [-0.15, -0.1) is 0 Å². The summed E-state index contributed by atoms with van der Waals surface area (Å²) in [6, 6.07) is 6.26. The SMILES string of the molecule is CCC1COCCN1c1ccc(C(N)=S)c(Cl)c1. The molecule has 1 aliphatic rings. The summed E-state index contributed by atoms with van der Waals surface area (Å²) < 4.78 is 5.50. The lowest BCUT2D eigenvalue weighted by molar-refractivity contribution is 0.0930. The lowest BCUT2D eigenvalue weighted by atomic mass is 10.1. The molecule has 2 rings (SSSR count). The average Bonchev–Trinajstić information content (AvgIpc) is 2.38. The molecule has 5 heteroatoms. The Morgan fingerprint density at radius 3 is 3.00 bits per heavy atom. The highest BCUT2D eigenvalue weighted by molar-refractivity contribution is 7.80. The maximum atomic E-state index is 6.21. The Morgan fingerprint density at radius 2 is 2.39 bits per heavy atom. The minimum absolute atomic E-state index is 0.334. The molecule has 1 fully saturated rings. The van der Waals surface area contributed by atoms with Gasteiger partial charge in [0.15, 0.2) is 0 Å². The van der Waals surface area contributed by atoms with Crippen LogP contribution in [0, 0.1) is 0 Å². The second-order valence-electron chi connectivity index (χ2n) is 4.36. The van der Waals surface area contributed by atoms with Crippen LogP contribution in [0.25, 0.3) is 0 Å². The third kappa shape index (κ3) is 2.76. The van der Waals surface area contributed by atoms with Gasteiger partial charge in [-0.2, -0.15) is 0 Å². The lowest BCUT2D eigenvalue weighted by Crippen LogP contribution is -2.45. The molecule has 0 spiro atoms. The van der Waals surface area contributed by atoms with Crippen molar-refractivity contribution in [3.8, 4) is 0 Å². The first-order valence-electron chi connectivity index (χ1n) is 6.07. The zero-order valence-corrected chi connectivity index (χ0v) is 11.9. The Bertz CT molecular complexity index is 453. The largest absolute Gasteiger partial charge is 0.389 e. The lowest BCUT2D eigenvalue weighted by Gasteiger charge is -2.37. The van der Waals surface area contributed by atoms with Crippen molar-refractivity contribution >= 4 is 34.5 Å². The number of nitrogens with two attached hydrogens (primary N) is 1. The molecule has 98 valence electrons. The number of hydrogen-bond acceptors (Lipinski definition) is 3. The van der Waals surface area contributed by atoms with Crippen molar-refractivity contribution in [2.75, 3.05) is 24.7 Å². The fraction of sp³-hybridized carbons (Fsp3) is 0.462. The summed E-state index contributed by atoms with van der Waals surface area (Å²) in [5.41, 5.74) is 7.45. The number of rotatable bonds is 3. The van der Waals surface area contributed by atoms with Crippen molar-refractivity contribution in [3.05, 3.63) is 28.8 Å². The van der Waals surface area contributed by atoms with Crippen LogP contribution in [0.5, 0.6) is 0 Å². The van der Waals surface area contributed by atoms with Crippen LogP contribution in [0.2, 0.25) is 5.02 Å². The van der Waals surface area contributed by atoms with Crippen LogP contribution in [0.15, 0.2) is 18.2 Å². The van der Waals surface area contributed by atoms with Crippen molar-refractivity contribution in [2.24, 2.45) is 5.73 Å². The van der Waals surface area contributed by atoms with E-state index < -0.39 is 0 Å². The monoisotopic (exact) mass is 284 g/mol. The second kappa shape index (κ2) is 5.87. The Kier molecular flexibility index (Phi) is 4.43. The third-order valence-corrected chi connectivity index (χ3v) is 3.78. The summed E-state index contributed by atoms with van der Waals surface area (Å²) in [7, 11) is 0.